The molecule has 0 saturated carbocycles. The van der Waals surface area contributed by atoms with Crippen molar-refractivity contribution in [3.63, 3.8) is 0 Å². The largest absolute Gasteiger partial charge is 0.506 e. The average Bonchev–Trinajstić information content (AvgIpc) is 2.12. The maximum Gasteiger partial charge on any atom is 0.137 e. The molecule has 3 N–H and O–H groups in total. The predicted octanol–water partition coefficient (Wildman–Crippen LogP) is 2.42. The summed E-state index contributed by atoms with van der Waals surface area (Å²) in [6.45, 7) is 4.42. The van der Waals surface area contributed by atoms with Crippen LogP contribution in [0.5, 0.6) is 5.75 Å². The third-order valence-corrected chi connectivity index (χ3v) is 2.54. The van der Waals surface area contributed by atoms with E-state index >= 15 is 0 Å². The molecule has 1 atom stereocenters. The van der Waals surface area contributed by atoms with Crippen molar-refractivity contribution in [2.24, 2.45) is 5.73 Å². The van der Waals surface area contributed by atoms with Crippen LogP contribution in [0.2, 0.25) is 5.02 Å². The fraction of sp³-hybridized carbons (Fsp3) is 0.400. The Kier molecular flexibility index (Phi) is 3.17. The van der Waals surface area contributed by atoms with Gasteiger partial charge in [0.05, 0.1) is 5.02 Å². The third-order valence-electron chi connectivity index (χ3n) is 2.23. The standard InChI is InChI=1S/C10H14ClNO/c1-6-3-4-8(11)10(13)9(6)7(2)5-12/h3-4,7,13H,5,12H2,1-2H3. The zero-order valence-electron chi connectivity index (χ0n) is 7.84. The van der Waals surface area contributed by atoms with Crippen LogP contribution in [0.15, 0.2) is 12.1 Å². The molecule has 13 heavy (non-hydrogen) atoms. The first kappa shape index (κ1) is 10.4. The van der Waals surface area contributed by atoms with Crippen LogP contribution in [0.4, 0.5) is 0 Å². The van der Waals surface area contributed by atoms with Crippen LogP contribution in [0.3, 0.4) is 0 Å². The summed E-state index contributed by atoms with van der Waals surface area (Å²) in [6, 6.07) is 3.59. The number of aromatic hydroxyl groups is 1. The molecule has 1 aromatic carbocycles. The zero-order valence-corrected chi connectivity index (χ0v) is 8.60. The zero-order chi connectivity index (χ0) is 10.0. The Labute approximate surface area is 83.3 Å². The van der Waals surface area contributed by atoms with Gasteiger partial charge >= 0.3 is 0 Å². The van der Waals surface area contributed by atoms with Gasteiger partial charge in [0.1, 0.15) is 5.75 Å². The molecule has 3 heteroatoms. The van der Waals surface area contributed by atoms with Crippen LogP contribution < -0.4 is 5.73 Å². The number of phenolic OH excluding ortho intramolecular Hbond substituents is 1. The van der Waals surface area contributed by atoms with Crippen molar-refractivity contribution < 1.29 is 5.11 Å². The van der Waals surface area contributed by atoms with Crippen molar-refractivity contribution in [2.75, 3.05) is 6.54 Å². The molecular weight excluding hydrogens is 186 g/mol. The van der Waals surface area contributed by atoms with Gasteiger partial charge in [-0.1, -0.05) is 24.6 Å². The maximum atomic E-state index is 9.69. The maximum absolute atomic E-state index is 9.69. The first-order chi connectivity index (χ1) is 6.07. The van der Waals surface area contributed by atoms with Gasteiger partial charge in [-0.25, -0.2) is 0 Å². The molecule has 0 saturated heterocycles. The Balaban J connectivity index is 3.25. The Morgan fingerprint density at radius 3 is 2.69 bits per heavy atom. The number of phenols is 1. The highest BCUT2D eigenvalue weighted by atomic mass is 35.5. The SMILES string of the molecule is Cc1ccc(Cl)c(O)c1C(C)CN. The van der Waals surface area contributed by atoms with E-state index in [0.717, 1.165) is 11.1 Å². The molecule has 0 bridgehead atoms. The molecule has 2 nitrogen and oxygen atoms in total. The quantitative estimate of drug-likeness (QED) is 0.769. The number of benzene rings is 1. The van der Waals surface area contributed by atoms with Crippen molar-refractivity contribution in [1.82, 2.24) is 0 Å². The molecule has 72 valence electrons. The van der Waals surface area contributed by atoms with E-state index in [0.29, 0.717) is 11.6 Å². The highest BCUT2D eigenvalue weighted by molar-refractivity contribution is 6.32. The van der Waals surface area contributed by atoms with Crippen LogP contribution in [0.25, 0.3) is 0 Å². The number of hydrogen-bond donors (Lipinski definition) is 2. The van der Waals surface area contributed by atoms with Crippen molar-refractivity contribution >= 4 is 11.6 Å². The summed E-state index contributed by atoms with van der Waals surface area (Å²) in [5.41, 5.74) is 7.42. The average molecular weight is 200 g/mol. The van der Waals surface area contributed by atoms with Crippen LogP contribution in [-0.4, -0.2) is 11.7 Å². The van der Waals surface area contributed by atoms with E-state index in [9.17, 15) is 5.11 Å². The first-order valence-electron chi connectivity index (χ1n) is 4.26. The Hall–Kier alpha value is -0.730. The summed E-state index contributed by atoms with van der Waals surface area (Å²) in [7, 11) is 0. The van der Waals surface area contributed by atoms with E-state index < -0.39 is 0 Å². The molecule has 0 radical (unpaired) electrons. The predicted molar refractivity (Wildman–Crippen MR) is 55.3 cm³/mol. The van der Waals surface area contributed by atoms with Crippen LogP contribution >= 0.6 is 11.6 Å². The first-order valence-corrected chi connectivity index (χ1v) is 4.63. The number of halogens is 1. The van der Waals surface area contributed by atoms with Gasteiger partial charge in [-0.15, -0.1) is 0 Å². The minimum Gasteiger partial charge on any atom is -0.506 e. The van der Waals surface area contributed by atoms with Crippen molar-refractivity contribution in [3.8, 4) is 5.75 Å². The fourth-order valence-electron chi connectivity index (χ4n) is 1.42. The van der Waals surface area contributed by atoms with Gasteiger partial charge in [-0.2, -0.15) is 0 Å². The summed E-state index contributed by atoms with van der Waals surface area (Å²) >= 11 is 5.80. The molecule has 0 amide bonds. The summed E-state index contributed by atoms with van der Waals surface area (Å²) < 4.78 is 0. The molecule has 0 heterocycles. The van der Waals surface area contributed by atoms with E-state index in [2.05, 4.69) is 0 Å². The number of hydrogen-bond acceptors (Lipinski definition) is 2. The van der Waals surface area contributed by atoms with Gasteiger partial charge in [0, 0.05) is 5.56 Å². The Morgan fingerprint density at radius 1 is 1.54 bits per heavy atom. The molecule has 1 aromatic rings. The molecule has 0 aliphatic carbocycles. The molecule has 0 spiro atoms. The second kappa shape index (κ2) is 3.99. The monoisotopic (exact) mass is 199 g/mol. The number of nitrogens with two attached hydrogens (primary N) is 1. The van der Waals surface area contributed by atoms with Gasteiger partial charge in [0.25, 0.3) is 0 Å². The summed E-state index contributed by atoms with van der Waals surface area (Å²) in [5.74, 6) is 0.304. The molecule has 1 rings (SSSR count). The molecule has 0 aliphatic rings. The smallest absolute Gasteiger partial charge is 0.137 e. The summed E-state index contributed by atoms with van der Waals surface area (Å²) in [5, 5.41) is 10.1. The minimum atomic E-state index is 0.138. The van der Waals surface area contributed by atoms with E-state index in [-0.39, 0.29) is 11.7 Å². The fourth-order valence-corrected chi connectivity index (χ4v) is 1.59. The van der Waals surface area contributed by atoms with Gasteiger partial charge in [-0.05, 0) is 31.0 Å². The molecule has 1 unspecified atom stereocenters. The molecule has 0 fully saturated rings. The Morgan fingerprint density at radius 2 is 2.15 bits per heavy atom. The van der Waals surface area contributed by atoms with E-state index in [4.69, 9.17) is 17.3 Å². The lowest BCUT2D eigenvalue weighted by Crippen LogP contribution is -2.10. The van der Waals surface area contributed by atoms with Crippen molar-refractivity contribution in [3.05, 3.63) is 28.3 Å². The topological polar surface area (TPSA) is 46.2 Å². The lowest BCUT2D eigenvalue weighted by atomic mass is 9.95. The highest BCUT2D eigenvalue weighted by Crippen LogP contribution is 2.34. The van der Waals surface area contributed by atoms with Crippen LogP contribution in [0, 0.1) is 6.92 Å². The van der Waals surface area contributed by atoms with E-state index in [1.807, 2.05) is 19.9 Å². The third kappa shape index (κ3) is 1.95. The lowest BCUT2D eigenvalue weighted by molar-refractivity contribution is 0.463. The number of aryl methyl sites for hydroxylation is 1. The number of rotatable bonds is 2. The highest BCUT2D eigenvalue weighted by Gasteiger charge is 2.13. The molecule has 0 aliphatic heterocycles. The second-order valence-corrected chi connectivity index (χ2v) is 3.67. The normalized spacial score (nSPS) is 12.9. The van der Waals surface area contributed by atoms with E-state index in [1.165, 1.54) is 0 Å². The van der Waals surface area contributed by atoms with Crippen LogP contribution in [0.1, 0.15) is 24.0 Å². The second-order valence-electron chi connectivity index (χ2n) is 3.26. The van der Waals surface area contributed by atoms with Crippen molar-refractivity contribution in [1.29, 1.82) is 0 Å². The van der Waals surface area contributed by atoms with Gasteiger partial charge in [0.15, 0.2) is 0 Å². The Bertz CT molecular complexity index is 312. The van der Waals surface area contributed by atoms with E-state index in [1.54, 1.807) is 6.07 Å². The lowest BCUT2D eigenvalue weighted by Gasteiger charge is -2.14. The summed E-state index contributed by atoms with van der Waals surface area (Å²) in [4.78, 5) is 0. The molecule has 0 aromatic heterocycles. The molecular formula is C10H14ClNO. The van der Waals surface area contributed by atoms with Crippen molar-refractivity contribution in [2.45, 2.75) is 19.8 Å². The van der Waals surface area contributed by atoms with Gasteiger partial charge in [-0.3, -0.25) is 0 Å². The minimum absolute atomic E-state index is 0.138. The van der Waals surface area contributed by atoms with Gasteiger partial charge < -0.3 is 10.8 Å². The van der Waals surface area contributed by atoms with Crippen LogP contribution in [-0.2, 0) is 0 Å². The van der Waals surface area contributed by atoms with Gasteiger partial charge in [0.2, 0.25) is 0 Å². The summed E-state index contributed by atoms with van der Waals surface area (Å²) in [6.07, 6.45) is 0.